The van der Waals surface area contributed by atoms with E-state index in [-0.39, 0.29) is 23.4 Å². The van der Waals surface area contributed by atoms with Crippen molar-refractivity contribution >= 4 is 5.91 Å². The molecule has 0 radical (unpaired) electrons. The molecule has 0 saturated carbocycles. The molecular formula is C12H22N2O2. The third-order valence-corrected chi connectivity index (χ3v) is 2.44. The second-order valence-corrected chi connectivity index (χ2v) is 5.64. The van der Waals surface area contributed by atoms with Crippen LogP contribution in [0.25, 0.3) is 0 Å². The smallest absolute Gasteiger partial charge is 0.220 e. The van der Waals surface area contributed by atoms with Crippen LogP contribution < -0.4 is 10.6 Å². The molecule has 0 bridgehead atoms. The van der Waals surface area contributed by atoms with Crippen LogP contribution in [0.5, 0.6) is 0 Å². The van der Waals surface area contributed by atoms with Crippen LogP contribution in [-0.4, -0.2) is 29.6 Å². The number of nitrogens with one attached hydrogen (secondary N) is 2. The number of amides is 1. The number of aliphatic hydroxyl groups excluding tert-OH is 1. The van der Waals surface area contributed by atoms with Gasteiger partial charge in [0.05, 0.1) is 6.04 Å². The Morgan fingerprint density at radius 3 is 2.62 bits per heavy atom. The predicted octanol–water partition coefficient (Wildman–Crippen LogP) is 1.34. The predicted molar refractivity (Wildman–Crippen MR) is 64.2 cm³/mol. The topological polar surface area (TPSA) is 61.4 Å². The highest BCUT2D eigenvalue weighted by Crippen LogP contribution is 2.18. The van der Waals surface area contributed by atoms with Crippen molar-refractivity contribution in [3.05, 3.63) is 11.8 Å². The summed E-state index contributed by atoms with van der Waals surface area (Å²) in [5.41, 5.74) is -0.00162. The summed E-state index contributed by atoms with van der Waals surface area (Å²) in [7, 11) is 0. The zero-order valence-corrected chi connectivity index (χ0v) is 10.5. The second-order valence-electron chi connectivity index (χ2n) is 5.64. The fourth-order valence-corrected chi connectivity index (χ4v) is 1.75. The van der Waals surface area contributed by atoms with Gasteiger partial charge in [0, 0.05) is 19.0 Å². The molecule has 3 N–H and O–H groups in total. The summed E-state index contributed by atoms with van der Waals surface area (Å²) in [6.07, 6.45) is 2.26. The van der Waals surface area contributed by atoms with E-state index in [1.54, 1.807) is 6.08 Å². The van der Waals surface area contributed by atoms with Crippen LogP contribution in [-0.2, 0) is 4.79 Å². The SMILES string of the molecule is C[C@@H]1C=C(O)[C@@H](CNC(=O)CC(C)(C)C)N1. The molecule has 0 aromatic heterocycles. The van der Waals surface area contributed by atoms with Gasteiger partial charge in [-0.3, -0.25) is 10.1 Å². The highest BCUT2D eigenvalue weighted by Gasteiger charge is 2.23. The average Bonchev–Trinajstić information content (AvgIpc) is 2.38. The summed E-state index contributed by atoms with van der Waals surface area (Å²) in [5, 5.41) is 15.5. The molecule has 0 unspecified atom stereocenters. The van der Waals surface area contributed by atoms with Crippen molar-refractivity contribution in [2.75, 3.05) is 6.54 Å². The summed E-state index contributed by atoms with van der Waals surface area (Å²) < 4.78 is 0. The summed E-state index contributed by atoms with van der Waals surface area (Å²) in [4.78, 5) is 11.6. The molecule has 4 nitrogen and oxygen atoms in total. The van der Waals surface area contributed by atoms with Crippen molar-refractivity contribution in [1.82, 2.24) is 10.6 Å². The third kappa shape index (κ3) is 4.23. The Kier molecular flexibility index (Phi) is 3.97. The normalized spacial score (nSPS) is 25.4. The molecule has 1 amide bonds. The molecule has 2 atom stereocenters. The lowest BCUT2D eigenvalue weighted by atomic mass is 9.92. The van der Waals surface area contributed by atoms with E-state index in [1.807, 2.05) is 27.7 Å². The first-order chi connectivity index (χ1) is 7.28. The van der Waals surface area contributed by atoms with E-state index in [0.29, 0.717) is 18.7 Å². The van der Waals surface area contributed by atoms with Crippen LogP contribution in [0.3, 0.4) is 0 Å². The van der Waals surface area contributed by atoms with E-state index in [2.05, 4.69) is 10.6 Å². The van der Waals surface area contributed by atoms with Crippen molar-refractivity contribution in [3.8, 4) is 0 Å². The van der Waals surface area contributed by atoms with Crippen LogP contribution in [0.15, 0.2) is 11.8 Å². The van der Waals surface area contributed by atoms with Crippen LogP contribution >= 0.6 is 0 Å². The molecule has 4 heteroatoms. The Balaban J connectivity index is 2.31. The van der Waals surface area contributed by atoms with Crippen molar-refractivity contribution in [1.29, 1.82) is 0 Å². The third-order valence-electron chi connectivity index (χ3n) is 2.44. The molecule has 1 aliphatic heterocycles. The minimum absolute atomic E-state index is 0.00162. The lowest BCUT2D eigenvalue weighted by molar-refractivity contribution is -0.122. The van der Waals surface area contributed by atoms with Crippen LogP contribution in [0.2, 0.25) is 0 Å². The number of carbonyl (C=O) groups excluding carboxylic acids is 1. The van der Waals surface area contributed by atoms with Crippen molar-refractivity contribution in [2.24, 2.45) is 5.41 Å². The van der Waals surface area contributed by atoms with Gasteiger partial charge in [0.2, 0.25) is 5.91 Å². The molecule has 92 valence electrons. The van der Waals surface area contributed by atoms with Gasteiger partial charge >= 0.3 is 0 Å². The lowest BCUT2D eigenvalue weighted by Gasteiger charge is -2.19. The summed E-state index contributed by atoms with van der Waals surface area (Å²) in [6.45, 7) is 8.49. The Hall–Kier alpha value is -1.03. The zero-order valence-electron chi connectivity index (χ0n) is 10.5. The van der Waals surface area contributed by atoms with E-state index in [1.165, 1.54) is 0 Å². The maximum absolute atomic E-state index is 11.6. The fourth-order valence-electron chi connectivity index (χ4n) is 1.75. The Labute approximate surface area is 97.1 Å². The molecule has 0 aliphatic carbocycles. The Morgan fingerprint density at radius 2 is 2.19 bits per heavy atom. The van der Waals surface area contributed by atoms with Crippen molar-refractivity contribution in [2.45, 2.75) is 46.2 Å². The van der Waals surface area contributed by atoms with E-state index >= 15 is 0 Å². The first kappa shape index (κ1) is 13.0. The van der Waals surface area contributed by atoms with Gasteiger partial charge < -0.3 is 10.4 Å². The number of hydrogen-bond donors (Lipinski definition) is 3. The number of hydrogen-bond acceptors (Lipinski definition) is 3. The first-order valence-corrected chi connectivity index (χ1v) is 5.71. The minimum atomic E-state index is -0.140. The number of aliphatic hydroxyl groups is 1. The maximum atomic E-state index is 11.6. The Morgan fingerprint density at radius 1 is 1.56 bits per heavy atom. The number of carbonyl (C=O) groups is 1. The summed E-state index contributed by atoms with van der Waals surface area (Å²) in [6, 6.07) is 0.0310. The van der Waals surface area contributed by atoms with Gasteiger partial charge in [0.15, 0.2) is 0 Å². The van der Waals surface area contributed by atoms with E-state index in [0.717, 1.165) is 0 Å². The van der Waals surface area contributed by atoms with E-state index < -0.39 is 0 Å². The summed E-state index contributed by atoms with van der Waals surface area (Å²) in [5.74, 6) is 0.352. The second kappa shape index (κ2) is 4.87. The fraction of sp³-hybridized carbons (Fsp3) is 0.750. The molecule has 1 aliphatic rings. The largest absolute Gasteiger partial charge is 0.511 e. The molecule has 0 spiro atoms. The maximum Gasteiger partial charge on any atom is 0.220 e. The molecular weight excluding hydrogens is 204 g/mol. The zero-order chi connectivity index (χ0) is 12.3. The molecule has 0 saturated heterocycles. The molecule has 1 rings (SSSR count). The van der Waals surface area contributed by atoms with Crippen LogP contribution in [0.1, 0.15) is 34.1 Å². The quantitative estimate of drug-likeness (QED) is 0.680. The standard InChI is InChI=1S/C12H22N2O2/c1-8-5-10(15)9(14-8)7-13-11(16)6-12(2,3)4/h5,8-9,14-15H,6-7H2,1-4H3,(H,13,16)/t8-,9-/m1/s1. The van der Waals surface area contributed by atoms with Gasteiger partial charge in [-0.2, -0.15) is 0 Å². The lowest BCUT2D eigenvalue weighted by Crippen LogP contribution is -2.41. The van der Waals surface area contributed by atoms with E-state index in [9.17, 15) is 9.90 Å². The first-order valence-electron chi connectivity index (χ1n) is 5.71. The van der Waals surface area contributed by atoms with Gasteiger partial charge in [-0.25, -0.2) is 0 Å². The highest BCUT2D eigenvalue weighted by molar-refractivity contribution is 5.76. The van der Waals surface area contributed by atoms with Crippen molar-refractivity contribution < 1.29 is 9.90 Å². The van der Waals surface area contributed by atoms with Crippen LogP contribution in [0.4, 0.5) is 0 Å². The van der Waals surface area contributed by atoms with Gasteiger partial charge in [0.1, 0.15) is 5.76 Å². The molecule has 16 heavy (non-hydrogen) atoms. The van der Waals surface area contributed by atoms with Crippen LogP contribution in [0, 0.1) is 5.41 Å². The average molecular weight is 226 g/mol. The minimum Gasteiger partial charge on any atom is -0.511 e. The van der Waals surface area contributed by atoms with E-state index in [4.69, 9.17) is 0 Å². The number of rotatable bonds is 3. The molecule has 1 heterocycles. The van der Waals surface area contributed by atoms with Gasteiger partial charge in [0.25, 0.3) is 0 Å². The van der Waals surface area contributed by atoms with Gasteiger partial charge in [-0.15, -0.1) is 0 Å². The summed E-state index contributed by atoms with van der Waals surface area (Å²) >= 11 is 0. The Bertz CT molecular complexity index is 292. The van der Waals surface area contributed by atoms with Gasteiger partial charge in [-0.05, 0) is 18.4 Å². The monoisotopic (exact) mass is 226 g/mol. The molecule has 0 fully saturated rings. The molecule has 0 aromatic carbocycles. The highest BCUT2D eigenvalue weighted by atomic mass is 16.3. The molecule has 0 aromatic rings. The van der Waals surface area contributed by atoms with Crippen molar-refractivity contribution in [3.63, 3.8) is 0 Å². The van der Waals surface area contributed by atoms with Gasteiger partial charge in [-0.1, -0.05) is 20.8 Å².